The summed E-state index contributed by atoms with van der Waals surface area (Å²) >= 11 is 1.79. The third-order valence-electron chi connectivity index (χ3n) is 4.58. The van der Waals surface area contributed by atoms with Crippen LogP contribution in [0.2, 0.25) is 0 Å². The van der Waals surface area contributed by atoms with Crippen molar-refractivity contribution in [3.63, 3.8) is 0 Å². The first-order valence-corrected chi connectivity index (χ1v) is 9.89. The monoisotopic (exact) mass is 344 g/mol. The third kappa shape index (κ3) is 4.85. The van der Waals surface area contributed by atoms with Gasteiger partial charge in [-0.1, -0.05) is 19.9 Å². The zero-order valence-corrected chi connectivity index (χ0v) is 15.6. The average Bonchev–Trinajstić information content (AvgIpc) is 2.89. The highest BCUT2D eigenvalue weighted by molar-refractivity contribution is 7.09. The highest BCUT2D eigenvalue weighted by Gasteiger charge is 2.22. The number of rotatable bonds is 6. The molecule has 0 saturated carbocycles. The minimum absolute atomic E-state index is 0.509. The summed E-state index contributed by atoms with van der Waals surface area (Å²) in [7, 11) is 0. The fraction of sp³-hybridized carbons (Fsp3) is 0.579. The van der Waals surface area contributed by atoms with Gasteiger partial charge in [0.1, 0.15) is 0 Å². The predicted molar refractivity (Wildman–Crippen MR) is 100 cm³/mol. The van der Waals surface area contributed by atoms with Gasteiger partial charge in [0.25, 0.3) is 0 Å². The molecule has 3 heterocycles. The van der Waals surface area contributed by atoms with Crippen molar-refractivity contribution in [2.45, 2.75) is 58.2 Å². The molecule has 1 atom stereocenters. The van der Waals surface area contributed by atoms with Crippen molar-refractivity contribution in [1.82, 2.24) is 20.2 Å². The maximum Gasteiger partial charge on any atom is 0.0954 e. The highest BCUT2D eigenvalue weighted by Crippen LogP contribution is 2.23. The molecule has 130 valence electrons. The van der Waals surface area contributed by atoms with Crippen LogP contribution >= 0.6 is 11.3 Å². The fourth-order valence-electron chi connectivity index (χ4n) is 3.25. The topological polar surface area (TPSA) is 41.1 Å². The van der Waals surface area contributed by atoms with Crippen molar-refractivity contribution < 1.29 is 0 Å². The lowest BCUT2D eigenvalue weighted by Gasteiger charge is -2.30. The minimum atomic E-state index is 0.509. The molecule has 24 heavy (non-hydrogen) atoms. The summed E-state index contributed by atoms with van der Waals surface area (Å²) in [4.78, 5) is 12.0. The molecule has 3 rings (SSSR count). The summed E-state index contributed by atoms with van der Waals surface area (Å²) in [5, 5.41) is 7.00. The Balaban J connectivity index is 1.74. The molecule has 0 amide bonds. The molecule has 5 heteroatoms. The third-order valence-corrected chi connectivity index (χ3v) is 5.78. The Morgan fingerprint density at radius 3 is 2.83 bits per heavy atom. The normalized spacial score (nSPS) is 18.9. The highest BCUT2D eigenvalue weighted by atomic mass is 32.1. The molecule has 0 unspecified atom stereocenters. The number of nitrogens with zero attached hydrogens (tertiary/aromatic N) is 3. The van der Waals surface area contributed by atoms with E-state index in [4.69, 9.17) is 4.98 Å². The molecule has 1 aliphatic heterocycles. The van der Waals surface area contributed by atoms with Crippen LogP contribution in [0.5, 0.6) is 0 Å². The Morgan fingerprint density at radius 2 is 2.08 bits per heavy atom. The van der Waals surface area contributed by atoms with Crippen LogP contribution in [0.15, 0.2) is 29.8 Å². The Bertz CT molecular complexity index is 603. The average molecular weight is 345 g/mol. The van der Waals surface area contributed by atoms with Gasteiger partial charge >= 0.3 is 0 Å². The largest absolute Gasteiger partial charge is 0.317 e. The second-order valence-corrected chi connectivity index (χ2v) is 7.78. The number of aromatic nitrogens is 2. The van der Waals surface area contributed by atoms with Gasteiger partial charge in [-0.2, -0.15) is 0 Å². The van der Waals surface area contributed by atoms with Gasteiger partial charge in [0.15, 0.2) is 0 Å². The molecule has 1 aliphatic rings. The van der Waals surface area contributed by atoms with E-state index in [1.807, 2.05) is 12.3 Å². The van der Waals surface area contributed by atoms with E-state index in [-0.39, 0.29) is 0 Å². The van der Waals surface area contributed by atoms with Gasteiger partial charge in [0.05, 0.1) is 16.4 Å². The van der Waals surface area contributed by atoms with E-state index < -0.39 is 0 Å². The van der Waals surface area contributed by atoms with E-state index in [1.54, 1.807) is 11.3 Å². The van der Waals surface area contributed by atoms with Gasteiger partial charge < -0.3 is 5.32 Å². The Hall–Kier alpha value is -1.30. The summed E-state index contributed by atoms with van der Waals surface area (Å²) in [6.07, 6.45) is 5.59. The lowest BCUT2D eigenvalue weighted by molar-refractivity contribution is 0.160. The van der Waals surface area contributed by atoms with Crippen LogP contribution in [0.4, 0.5) is 0 Å². The zero-order chi connectivity index (χ0) is 16.8. The first kappa shape index (κ1) is 17.5. The van der Waals surface area contributed by atoms with Crippen molar-refractivity contribution >= 4 is 11.3 Å². The molecule has 0 radical (unpaired) electrons. The van der Waals surface area contributed by atoms with Gasteiger partial charge in [0, 0.05) is 36.6 Å². The number of nitrogens with one attached hydrogen (secondary N) is 1. The molecule has 0 bridgehead atoms. The number of hydrogen-bond donors (Lipinski definition) is 1. The van der Waals surface area contributed by atoms with Crippen LogP contribution in [-0.4, -0.2) is 34.0 Å². The molecule has 1 N–H and O–H groups in total. The van der Waals surface area contributed by atoms with E-state index >= 15 is 0 Å². The molecule has 0 aliphatic carbocycles. The first-order valence-electron chi connectivity index (χ1n) is 9.01. The summed E-state index contributed by atoms with van der Waals surface area (Å²) in [5.41, 5.74) is 2.35. The predicted octanol–water partition coefficient (Wildman–Crippen LogP) is 3.81. The number of pyridine rings is 1. The Morgan fingerprint density at radius 1 is 1.21 bits per heavy atom. The van der Waals surface area contributed by atoms with Gasteiger partial charge in [-0.05, 0) is 44.5 Å². The van der Waals surface area contributed by atoms with Gasteiger partial charge in [-0.15, -0.1) is 11.3 Å². The van der Waals surface area contributed by atoms with E-state index in [9.17, 15) is 0 Å². The molecule has 1 saturated heterocycles. The van der Waals surface area contributed by atoms with Crippen LogP contribution in [0.3, 0.4) is 0 Å². The van der Waals surface area contributed by atoms with Crippen molar-refractivity contribution in [3.05, 3.63) is 46.2 Å². The molecule has 1 fully saturated rings. The second kappa shape index (κ2) is 8.70. The summed E-state index contributed by atoms with van der Waals surface area (Å²) in [6, 6.07) is 6.79. The van der Waals surface area contributed by atoms with E-state index in [0.717, 1.165) is 31.9 Å². The maximum absolute atomic E-state index is 4.85. The van der Waals surface area contributed by atoms with Crippen molar-refractivity contribution in [1.29, 1.82) is 0 Å². The molecule has 2 aromatic rings. The van der Waals surface area contributed by atoms with E-state index in [0.29, 0.717) is 12.0 Å². The summed E-state index contributed by atoms with van der Waals surface area (Å²) in [6.45, 7) is 8.50. The second-order valence-electron chi connectivity index (χ2n) is 6.89. The van der Waals surface area contributed by atoms with Crippen molar-refractivity contribution in [2.24, 2.45) is 0 Å². The molecular formula is C19H28N4S. The fourth-order valence-corrected chi connectivity index (χ4v) is 4.07. The molecule has 0 spiro atoms. The van der Waals surface area contributed by atoms with Crippen molar-refractivity contribution in [3.8, 4) is 0 Å². The van der Waals surface area contributed by atoms with Gasteiger partial charge in [-0.25, -0.2) is 4.98 Å². The SMILES string of the molecule is CC(C)c1nc(CN(Cc2ccccn2)[C@@H]2CCCNCC2)cs1. The standard InChI is InChI=1S/C19H28N4S/c1-15(2)19-22-17(14-24-19)13-23(12-16-6-3-4-10-21-16)18-7-5-9-20-11-8-18/h3-4,6,10,14-15,18,20H,5,7-9,11-13H2,1-2H3/t18-/m1/s1. The van der Waals surface area contributed by atoms with Crippen molar-refractivity contribution in [2.75, 3.05) is 13.1 Å². The zero-order valence-electron chi connectivity index (χ0n) is 14.7. The smallest absolute Gasteiger partial charge is 0.0954 e. The summed E-state index contributed by atoms with van der Waals surface area (Å²) in [5.74, 6) is 0.509. The summed E-state index contributed by atoms with van der Waals surface area (Å²) < 4.78 is 0. The van der Waals surface area contributed by atoms with Crippen LogP contribution in [-0.2, 0) is 13.1 Å². The number of thiazole rings is 1. The molecule has 2 aromatic heterocycles. The Labute approximate surface area is 149 Å². The first-order chi connectivity index (χ1) is 11.7. The van der Waals surface area contributed by atoms with Crippen LogP contribution in [0, 0.1) is 0 Å². The van der Waals surface area contributed by atoms with E-state index in [2.05, 4.69) is 46.6 Å². The van der Waals surface area contributed by atoms with Crippen LogP contribution in [0.1, 0.15) is 55.4 Å². The maximum atomic E-state index is 4.85. The van der Waals surface area contributed by atoms with Crippen LogP contribution in [0.25, 0.3) is 0 Å². The Kier molecular flexibility index (Phi) is 6.35. The lowest BCUT2D eigenvalue weighted by atomic mass is 10.1. The molecule has 0 aromatic carbocycles. The van der Waals surface area contributed by atoms with Gasteiger partial charge in [0.2, 0.25) is 0 Å². The molecular weight excluding hydrogens is 316 g/mol. The van der Waals surface area contributed by atoms with Gasteiger partial charge in [-0.3, -0.25) is 9.88 Å². The quantitative estimate of drug-likeness (QED) is 0.865. The molecule has 4 nitrogen and oxygen atoms in total. The lowest BCUT2D eigenvalue weighted by Crippen LogP contribution is -2.35. The van der Waals surface area contributed by atoms with Crippen LogP contribution < -0.4 is 5.32 Å². The minimum Gasteiger partial charge on any atom is -0.317 e. The van der Waals surface area contributed by atoms with E-state index in [1.165, 1.54) is 30.0 Å². The number of hydrogen-bond acceptors (Lipinski definition) is 5.